The number of carbonyl (C=O) groups excluding carboxylic acids is 5. The summed E-state index contributed by atoms with van der Waals surface area (Å²) >= 11 is 0. The summed E-state index contributed by atoms with van der Waals surface area (Å²) in [5.41, 5.74) is 5.91. The van der Waals surface area contributed by atoms with Gasteiger partial charge in [0.15, 0.2) is 5.82 Å². The zero-order valence-corrected chi connectivity index (χ0v) is 43.3. The number of nitrogens with zero attached hydrogens (tertiary/aromatic N) is 9. The Hall–Kier alpha value is -5.94. The number of carbonyl (C=O) groups is 5. The van der Waals surface area contributed by atoms with Crippen LogP contribution in [0.25, 0.3) is 22.3 Å². The second-order valence-corrected chi connectivity index (χ2v) is 23.0. The van der Waals surface area contributed by atoms with E-state index in [0.717, 1.165) is 116 Å². The fourth-order valence-corrected chi connectivity index (χ4v) is 13.8. The summed E-state index contributed by atoms with van der Waals surface area (Å²) in [6.45, 7) is 11.7. The molecule has 74 heavy (non-hydrogen) atoms. The van der Waals surface area contributed by atoms with Crippen LogP contribution in [0.2, 0.25) is 0 Å². The lowest BCUT2D eigenvalue weighted by molar-refractivity contribution is -0.144. The topological polar surface area (TPSA) is 178 Å². The number of hydrogen-bond acceptors (Lipinski definition) is 12. The normalized spacial score (nSPS) is 25.4. The molecule has 0 radical (unpaired) electrons. The van der Waals surface area contributed by atoms with Gasteiger partial charge < -0.3 is 39.1 Å². The minimum atomic E-state index is -0.690. The van der Waals surface area contributed by atoms with Crippen molar-refractivity contribution >= 4 is 57.9 Å². The molecular weight excluding hydrogens is 935 g/mol. The lowest BCUT2D eigenvalue weighted by atomic mass is 9.73. The van der Waals surface area contributed by atoms with E-state index in [1.165, 1.54) is 19.3 Å². The van der Waals surface area contributed by atoms with Crippen molar-refractivity contribution in [2.45, 2.75) is 146 Å². The Morgan fingerprint density at radius 3 is 2.15 bits per heavy atom. The van der Waals surface area contributed by atoms with Gasteiger partial charge in [-0.15, -0.1) is 0 Å². The van der Waals surface area contributed by atoms with Crippen LogP contribution >= 0.6 is 0 Å². The van der Waals surface area contributed by atoms with Crippen LogP contribution in [0, 0.1) is 11.8 Å². The number of piperidine rings is 5. The van der Waals surface area contributed by atoms with Gasteiger partial charge in [-0.3, -0.25) is 29.3 Å². The summed E-state index contributed by atoms with van der Waals surface area (Å²) in [7, 11) is 0. The monoisotopic (exact) mass is 1010 g/mol. The molecule has 1 atom stereocenters. The van der Waals surface area contributed by atoms with Crippen LogP contribution < -0.4 is 20.4 Å². The molecule has 8 aliphatic rings. The van der Waals surface area contributed by atoms with E-state index in [9.17, 15) is 19.2 Å². The zero-order valence-electron chi connectivity index (χ0n) is 43.3. The molecular formula is C57H73N11O6. The summed E-state index contributed by atoms with van der Waals surface area (Å²) in [5, 5.41) is 6.22. The van der Waals surface area contributed by atoms with Gasteiger partial charge in [0.25, 0.3) is 0 Å². The summed E-state index contributed by atoms with van der Waals surface area (Å²) in [6.07, 6.45) is 16.0. The molecule has 17 nitrogen and oxygen atoms in total. The van der Waals surface area contributed by atoms with Crippen molar-refractivity contribution in [1.29, 1.82) is 0 Å². The number of ether oxygens (including phenoxy) is 1. The van der Waals surface area contributed by atoms with Crippen LogP contribution in [-0.4, -0.2) is 147 Å². The van der Waals surface area contributed by atoms with Crippen LogP contribution in [0.15, 0.2) is 48.9 Å². The number of imidazole rings is 1. The van der Waals surface area contributed by atoms with Gasteiger partial charge in [-0.2, -0.15) is 0 Å². The largest absolute Gasteiger partial charge is 0.381 e. The molecule has 1 aliphatic carbocycles. The maximum Gasteiger partial charge on any atom is 0.238 e. The number of anilines is 3. The van der Waals surface area contributed by atoms with E-state index in [0.29, 0.717) is 83.8 Å². The summed E-state index contributed by atoms with van der Waals surface area (Å²) < 4.78 is 7.89. The van der Waals surface area contributed by atoms with Crippen LogP contribution in [-0.2, 0) is 34.1 Å². The number of hydrogen-bond donors (Lipinski definition) is 2. The number of rotatable bonds is 10. The molecule has 1 unspecified atom stereocenters. The maximum absolute atomic E-state index is 15.3. The van der Waals surface area contributed by atoms with Crippen molar-refractivity contribution in [1.82, 2.24) is 39.5 Å². The molecule has 10 heterocycles. The van der Waals surface area contributed by atoms with E-state index in [2.05, 4.69) is 73.0 Å². The molecule has 1 spiro atoms. The van der Waals surface area contributed by atoms with E-state index < -0.39 is 5.41 Å². The molecule has 7 fully saturated rings. The van der Waals surface area contributed by atoms with E-state index in [-0.39, 0.29) is 65.4 Å². The number of pyridine rings is 2. The van der Waals surface area contributed by atoms with Crippen molar-refractivity contribution in [3.8, 4) is 11.3 Å². The first-order valence-corrected chi connectivity index (χ1v) is 28.1. The van der Waals surface area contributed by atoms with Gasteiger partial charge in [-0.1, -0.05) is 24.6 Å². The smallest absolute Gasteiger partial charge is 0.238 e. The zero-order chi connectivity index (χ0) is 50.7. The average Bonchev–Trinajstić information content (AvgIpc) is 3.96. The van der Waals surface area contributed by atoms with Gasteiger partial charge in [-0.05, 0) is 140 Å². The SMILES string of the molecule is CC(C)n1cnc2cc(-c3ccc4c(c3)N([C@H]3C[C@@H](N5CCCCC5)C3)C(=O)C43CCN(C(=O)C4CCN(C(=O)C5CCN(c6ccc(C7CCC(=O)NC7=O)cn6)CC5)CC4)CC3)nc(NC3CCOCC3)c21. The summed E-state index contributed by atoms with van der Waals surface area (Å²) in [5.74, 6) is 1.12. The Kier molecular flexibility index (Phi) is 13.4. The van der Waals surface area contributed by atoms with Crippen molar-refractivity contribution in [2.75, 3.05) is 80.7 Å². The molecule has 6 saturated heterocycles. The number of amides is 5. The average molecular weight is 1010 g/mol. The summed E-state index contributed by atoms with van der Waals surface area (Å²) in [4.78, 5) is 93.4. The Morgan fingerprint density at radius 1 is 0.770 bits per heavy atom. The lowest BCUT2D eigenvalue weighted by Crippen LogP contribution is -2.58. The van der Waals surface area contributed by atoms with E-state index in [1.807, 2.05) is 28.3 Å². The Balaban J connectivity index is 0.704. The highest BCUT2D eigenvalue weighted by Gasteiger charge is 2.56. The highest BCUT2D eigenvalue weighted by molar-refractivity contribution is 6.09. The third kappa shape index (κ3) is 9.12. The van der Waals surface area contributed by atoms with Gasteiger partial charge in [0.2, 0.25) is 29.5 Å². The van der Waals surface area contributed by atoms with E-state index in [1.54, 1.807) is 6.20 Å². The number of nitrogens with one attached hydrogen (secondary N) is 2. The van der Waals surface area contributed by atoms with Crippen molar-refractivity contribution in [3.63, 3.8) is 0 Å². The molecule has 4 aromatic rings. The van der Waals surface area contributed by atoms with Crippen LogP contribution in [0.5, 0.6) is 0 Å². The Bertz CT molecular complexity index is 2770. The number of likely N-dealkylation sites (tertiary alicyclic amines) is 3. The molecule has 1 saturated carbocycles. The number of fused-ring (bicyclic) bond motifs is 3. The number of imide groups is 1. The summed E-state index contributed by atoms with van der Waals surface area (Å²) in [6, 6.07) is 13.6. The molecule has 17 heteroatoms. The van der Waals surface area contributed by atoms with Crippen molar-refractivity contribution in [2.24, 2.45) is 11.8 Å². The Morgan fingerprint density at radius 2 is 1.47 bits per heavy atom. The predicted molar refractivity (Wildman–Crippen MR) is 282 cm³/mol. The van der Waals surface area contributed by atoms with Crippen molar-refractivity contribution in [3.05, 3.63) is 60.0 Å². The van der Waals surface area contributed by atoms with Crippen molar-refractivity contribution < 1.29 is 28.7 Å². The maximum atomic E-state index is 15.3. The van der Waals surface area contributed by atoms with E-state index in [4.69, 9.17) is 14.7 Å². The standard InChI is InChI=1S/C57H73N11O6/c1-36(2)67-35-59-47-33-46(61-52(51(47)67)60-41-16-28-74-29-17-41)39-6-9-45-48(30-39)68(43-31-42(32-43)63-20-4-3-5-21-63)56(73)57(45)18-26-66(27-19-57)55(72)38-14-24-65(25-15-38)54(71)37-12-22-64(23-13-37)49-10-7-40(34-58-49)44-8-11-50(69)62-53(44)70/h6-7,9-10,30,33-38,41-44H,3-5,8,11-29,31-32H2,1-2H3,(H,60,61)(H,62,69,70)/t42-,43+,44?. The predicted octanol–water partition coefficient (Wildman–Crippen LogP) is 6.56. The first kappa shape index (κ1) is 49.0. The van der Waals surface area contributed by atoms with Gasteiger partial charge in [0.05, 0.1) is 28.9 Å². The number of benzene rings is 1. The fraction of sp³-hybridized carbons (Fsp3) is 0.614. The Labute approximate surface area is 434 Å². The third-order valence-corrected chi connectivity index (χ3v) is 18.4. The molecule has 2 N–H and O–H groups in total. The fourth-order valence-electron chi connectivity index (χ4n) is 13.8. The van der Waals surface area contributed by atoms with Crippen LogP contribution in [0.3, 0.4) is 0 Å². The second kappa shape index (κ2) is 20.3. The number of aromatic nitrogens is 4. The van der Waals surface area contributed by atoms with Crippen LogP contribution in [0.4, 0.5) is 17.3 Å². The molecule has 7 aliphatic heterocycles. The molecule has 12 rings (SSSR count). The van der Waals surface area contributed by atoms with Gasteiger partial charge >= 0.3 is 0 Å². The highest BCUT2D eigenvalue weighted by atomic mass is 16.5. The van der Waals surface area contributed by atoms with Gasteiger partial charge in [0.1, 0.15) is 11.3 Å². The van der Waals surface area contributed by atoms with Gasteiger partial charge in [0, 0.05) is 112 Å². The third-order valence-electron chi connectivity index (χ3n) is 18.4. The molecule has 5 amide bonds. The molecule has 0 bridgehead atoms. The lowest BCUT2D eigenvalue weighted by Gasteiger charge is -2.48. The van der Waals surface area contributed by atoms with Crippen LogP contribution in [0.1, 0.15) is 133 Å². The van der Waals surface area contributed by atoms with E-state index >= 15 is 4.79 Å². The second-order valence-electron chi connectivity index (χ2n) is 23.0. The quantitative estimate of drug-likeness (QED) is 0.164. The van der Waals surface area contributed by atoms with Gasteiger partial charge in [-0.25, -0.2) is 15.0 Å². The first-order chi connectivity index (χ1) is 36.0. The molecule has 3 aromatic heterocycles. The minimum absolute atomic E-state index is 0.0660. The molecule has 1 aromatic carbocycles. The minimum Gasteiger partial charge on any atom is -0.381 e. The highest BCUT2D eigenvalue weighted by Crippen LogP contribution is 2.52. The first-order valence-electron chi connectivity index (χ1n) is 28.1. The molecule has 392 valence electrons.